The summed E-state index contributed by atoms with van der Waals surface area (Å²) in [4.78, 5) is 28.8. The van der Waals surface area contributed by atoms with Gasteiger partial charge in [-0.2, -0.15) is 18.4 Å². The maximum Gasteiger partial charge on any atom is 0.416 e. The number of alkyl halides is 3. The Morgan fingerprint density at radius 2 is 1.80 bits per heavy atom. The fraction of sp³-hybridized carbons (Fsp3) is 0.167. The van der Waals surface area contributed by atoms with Crippen LogP contribution in [0, 0.1) is 18.3 Å². The number of amides is 1. The Morgan fingerprint density at radius 3 is 2.52 bits per heavy atom. The first-order valence-corrected chi connectivity index (χ1v) is 12.2. The second kappa shape index (κ2) is 11.8. The second-order valence-corrected chi connectivity index (χ2v) is 8.72. The molecular weight excluding hydrogens is 523 g/mol. The van der Waals surface area contributed by atoms with Gasteiger partial charge in [-0.25, -0.2) is 0 Å². The Morgan fingerprint density at radius 1 is 1.02 bits per heavy atom. The summed E-state index contributed by atoms with van der Waals surface area (Å²) in [6.45, 7) is 3.28. The van der Waals surface area contributed by atoms with Crippen LogP contribution in [0.1, 0.15) is 34.1 Å². The monoisotopic (exact) mass is 547 g/mol. The van der Waals surface area contributed by atoms with E-state index in [0.29, 0.717) is 22.2 Å². The van der Waals surface area contributed by atoms with E-state index in [9.17, 15) is 28.0 Å². The van der Waals surface area contributed by atoms with Crippen LogP contribution in [0.25, 0.3) is 17.0 Å². The smallest absolute Gasteiger partial charge is 0.416 e. The molecule has 1 amide bonds. The van der Waals surface area contributed by atoms with Gasteiger partial charge in [-0.15, -0.1) is 0 Å². The van der Waals surface area contributed by atoms with Gasteiger partial charge in [0.05, 0.1) is 17.7 Å². The number of halogens is 3. The SMILES string of the molecule is CCOc1cc(/C=C(/C#N)C(=O)c2c(C)[nH]c3ccccc23)ccc1OCC(=O)Nc1cccc(C(F)(F)F)c1. The van der Waals surface area contributed by atoms with Crippen LogP contribution in [0.3, 0.4) is 0 Å². The van der Waals surface area contributed by atoms with Gasteiger partial charge in [0.2, 0.25) is 5.78 Å². The number of nitrogens with one attached hydrogen (secondary N) is 2. The third-order valence-corrected chi connectivity index (χ3v) is 5.90. The summed E-state index contributed by atoms with van der Waals surface area (Å²) in [5.41, 5.74) is 1.36. The lowest BCUT2D eigenvalue weighted by atomic mass is 9.99. The number of H-pyrrole nitrogens is 1. The minimum absolute atomic E-state index is 0.0203. The fourth-order valence-corrected chi connectivity index (χ4v) is 4.13. The first kappa shape index (κ1) is 28.0. The van der Waals surface area contributed by atoms with Crippen molar-refractivity contribution in [3.8, 4) is 17.6 Å². The molecule has 0 radical (unpaired) electrons. The molecule has 4 aromatic rings. The lowest BCUT2D eigenvalue weighted by Crippen LogP contribution is -2.20. The van der Waals surface area contributed by atoms with E-state index >= 15 is 0 Å². The lowest BCUT2D eigenvalue weighted by Gasteiger charge is -2.13. The maximum absolute atomic E-state index is 13.3. The zero-order valence-corrected chi connectivity index (χ0v) is 21.6. The van der Waals surface area contributed by atoms with Crippen LogP contribution in [0.4, 0.5) is 18.9 Å². The summed E-state index contributed by atoms with van der Waals surface area (Å²) in [5, 5.41) is 12.9. The number of hydrogen-bond donors (Lipinski definition) is 2. The van der Waals surface area contributed by atoms with Crippen LogP contribution >= 0.6 is 0 Å². The number of aromatic nitrogens is 1. The zero-order chi connectivity index (χ0) is 28.9. The predicted octanol–water partition coefficient (Wildman–Crippen LogP) is 6.70. The number of nitriles is 1. The molecule has 0 bridgehead atoms. The van der Waals surface area contributed by atoms with Crippen molar-refractivity contribution in [2.45, 2.75) is 20.0 Å². The van der Waals surface area contributed by atoms with Gasteiger partial charge in [0.15, 0.2) is 18.1 Å². The molecule has 2 N–H and O–H groups in total. The second-order valence-electron chi connectivity index (χ2n) is 8.72. The Kier molecular flexibility index (Phi) is 8.24. The number of carbonyl (C=O) groups excluding carboxylic acids is 2. The molecule has 4 rings (SSSR count). The van der Waals surface area contributed by atoms with Gasteiger partial charge in [-0.05, 0) is 61.9 Å². The van der Waals surface area contributed by atoms with Crippen molar-refractivity contribution in [1.82, 2.24) is 4.98 Å². The molecule has 1 heterocycles. The number of ether oxygens (including phenoxy) is 2. The highest BCUT2D eigenvalue weighted by molar-refractivity contribution is 6.20. The van der Waals surface area contributed by atoms with Crippen LogP contribution in [0.15, 0.2) is 72.3 Å². The van der Waals surface area contributed by atoms with E-state index in [1.807, 2.05) is 30.3 Å². The number of nitrogens with zero attached hydrogens (tertiary/aromatic N) is 1. The quantitative estimate of drug-likeness (QED) is 0.138. The summed E-state index contributed by atoms with van der Waals surface area (Å²) in [5.74, 6) is -0.633. The molecule has 0 aliphatic carbocycles. The van der Waals surface area contributed by atoms with Crippen LogP contribution in [-0.4, -0.2) is 29.9 Å². The fourth-order valence-electron chi connectivity index (χ4n) is 4.13. The molecule has 0 aliphatic rings. The molecule has 1 aromatic heterocycles. The van der Waals surface area contributed by atoms with E-state index in [-0.39, 0.29) is 29.4 Å². The van der Waals surface area contributed by atoms with Crippen LogP contribution in [0.5, 0.6) is 11.5 Å². The molecule has 0 atom stereocenters. The number of allylic oxidation sites excluding steroid dienone is 1. The van der Waals surface area contributed by atoms with Crippen molar-refractivity contribution in [3.05, 3.63) is 94.7 Å². The number of aromatic amines is 1. The van der Waals surface area contributed by atoms with E-state index < -0.39 is 30.0 Å². The highest BCUT2D eigenvalue weighted by Crippen LogP contribution is 2.32. The molecule has 7 nitrogen and oxygen atoms in total. The van der Waals surface area contributed by atoms with Crippen molar-refractivity contribution < 1.29 is 32.2 Å². The third kappa shape index (κ3) is 6.32. The molecule has 0 aliphatic heterocycles. The van der Waals surface area contributed by atoms with Crippen molar-refractivity contribution in [3.63, 3.8) is 0 Å². The Balaban J connectivity index is 1.51. The van der Waals surface area contributed by atoms with E-state index in [4.69, 9.17) is 9.47 Å². The first-order chi connectivity index (χ1) is 19.1. The minimum atomic E-state index is -4.54. The summed E-state index contributed by atoms with van der Waals surface area (Å²) in [6, 6.07) is 18.2. The van der Waals surface area contributed by atoms with Crippen molar-refractivity contribution in [2.24, 2.45) is 0 Å². The minimum Gasteiger partial charge on any atom is -0.490 e. The number of fused-ring (bicyclic) bond motifs is 1. The van der Waals surface area contributed by atoms with Crippen LogP contribution in [0.2, 0.25) is 0 Å². The molecular formula is C30H24F3N3O4. The van der Waals surface area contributed by atoms with Crippen LogP contribution < -0.4 is 14.8 Å². The zero-order valence-electron chi connectivity index (χ0n) is 21.6. The van der Waals surface area contributed by atoms with Gasteiger partial charge in [-0.1, -0.05) is 30.3 Å². The van der Waals surface area contributed by atoms with Gasteiger partial charge in [0.25, 0.3) is 5.91 Å². The topological polar surface area (TPSA) is 104 Å². The summed E-state index contributed by atoms with van der Waals surface area (Å²) in [7, 11) is 0. The number of Topliss-reactive ketones (excluding diaryl/α,β-unsaturated/α-hetero) is 1. The highest BCUT2D eigenvalue weighted by Gasteiger charge is 2.30. The van der Waals surface area contributed by atoms with E-state index in [0.717, 1.165) is 17.6 Å². The number of aryl methyl sites for hydroxylation is 1. The summed E-state index contributed by atoms with van der Waals surface area (Å²) < 4.78 is 50.0. The third-order valence-electron chi connectivity index (χ3n) is 5.90. The maximum atomic E-state index is 13.3. The van der Waals surface area contributed by atoms with Crippen molar-refractivity contribution >= 4 is 34.4 Å². The van der Waals surface area contributed by atoms with Crippen molar-refractivity contribution in [1.29, 1.82) is 5.26 Å². The van der Waals surface area contributed by atoms with Crippen molar-refractivity contribution in [2.75, 3.05) is 18.5 Å². The normalized spacial score (nSPS) is 11.7. The van der Waals surface area contributed by atoms with Gasteiger partial charge < -0.3 is 19.8 Å². The number of hydrogen-bond acceptors (Lipinski definition) is 5. The van der Waals surface area contributed by atoms with Gasteiger partial charge in [-0.3, -0.25) is 9.59 Å². The average molecular weight is 548 g/mol. The number of rotatable bonds is 9. The Labute approximate surface area is 227 Å². The van der Waals surface area contributed by atoms with E-state index in [2.05, 4.69) is 10.3 Å². The number of ketones is 1. The molecule has 0 unspecified atom stereocenters. The van der Waals surface area contributed by atoms with E-state index in [1.165, 1.54) is 24.3 Å². The standard InChI is InChI=1S/C30H24F3N3O4/c1-3-39-26-14-19(13-20(16-34)29(38)28-18(2)35-24-10-5-4-9-23(24)28)11-12-25(26)40-17-27(37)36-22-8-6-7-21(15-22)30(31,32)33/h4-15,35H,3,17H2,1-2H3,(H,36,37)/b20-13-. The Hall–Kier alpha value is -5.04. The molecule has 0 spiro atoms. The van der Waals surface area contributed by atoms with Gasteiger partial charge in [0.1, 0.15) is 11.6 Å². The number of para-hydroxylation sites is 1. The number of benzene rings is 3. The molecule has 0 saturated heterocycles. The Bertz CT molecular complexity index is 1650. The van der Waals surface area contributed by atoms with Crippen LogP contribution in [-0.2, 0) is 11.0 Å². The molecule has 204 valence electrons. The average Bonchev–Trinajstić information content (AvgIpc) is 3.26. The first-order valence-electron chi connectivity index (χ1n) is 12.2. The summed E-state index contributed by atoms with van der Waals surface area (Å²) >= 11 is 0. The number of carbonyl (C=O) groups is 2. The van der Waals surface area contributed by atoms with Gasteiger partial charge in [0, 0.05) is 22.3 Å². The molecule has 0 saturated carbocycles. The number of anilines is 1. The molecule has 10 heteroatoms. The predicted molar refractivity (Wildman–Crippen MR) is 144 cm³/mol. The van der Waals surface area contributed by atoms with E-state index in [1.54, 1.807) is 26.0 Å². The summed E-state index contributed by atoms with van der Waals surface area (Å²) in [6.07, 6.45) is -3.10. The molecule has 0 fully saturated rings. The largest absolute Gasteiger partial charge is 0.490 e. The highest BCUT2D eigenvalue weighted by atomic mass is 19.4. The van der Waals surface area contributed by atoms with Gasteiger partial charge >= 0.3 is 6.18 Å². The lowest BCUT2D eigenvalue weighted by molar-refractivity contribution is -0.137. The molecule has 3 aromatic carbocycles. The molecule has 40 heavy (non-hydrogen) atoms.